The van der Waals surface area contributed by atoms with Crippen LogP contribution in [0.2, 0.25) is 5.02 Å². The maximum Gasteiger partial charge on any atom is 0.337 e. The van der Waals surface area contributed by atoms with Crippen LogP contribution in [0.1, 0.15) is 54.1 Å². The molecule has 178 valence electrons. The van der Waals surface area contributed by atoms with E-state index in [1.165, 1.54) is 7.11 Å². The van der Waals surface area contributed by atoms with Crippen LogP contribution in [-0.2, 0) is 9.53 Å². The van der Waals surface area contributed by atoms with Gasteiger partial charge in [-0.3, -0.25) is 4.79 Å². The average molecular weight is 480 g/mol. The summed E-state index contributed by atoms with van der Waals surface area (Å²) in [5, 5.41) is 3.68. The van der Waals surface area contributed by atoms with Gasteiger partial charge in [-0.25, -0.2) is 4.79 Å². The molecule has 34 heavy (non-hydrogen) atoms. The molecule has 3 aromatic carbocycles. The highest BCUT2D eigenvalue weighted by molar-refractivity contribution is 6.30. The second-order valence-corrected chi connectivity index (χ2v) is 9.13. The molecule has 0 heterocycles. The average Bonchev–Trinajstić information content (AvgIpc) is 2.85. The highest BCUT2D eigenvalue weighted by Crippen LogP contribution is 2.33. The van der Waals surface area contributed by atoms with Crippen LogP contribution in [0.4, 0.5) is 0 Å². The minimum absolute atomic E-state index is 0.0143. The van der Waals surface area contributed by atoms with Crippen LogP contribution in [-0.4, -0.2) is 31.1 Å². The van der Waals surface area contributed by atoms with Gasteiger partial charge in [0.15, 0.2) is 5.60 Å². The Morgan fingerprint density at radius 2 is 1.53 bits per heavy atom. The molecule has 2 atom stereocenters. The molecule has 0 radical (unpaired) electrons. The van der Waals surface area contributed by atoms with E-state index >= 15 is 0 Å². The number of esters is 1. The Morgan fingerprint density at radius 3 is 2.12 bits per heavy atom. The van der Waals surface area contributed by atoms with E-state index in [1.54, 1.807) is 50.2 Å². The fraction of sp³-hybridized carbons (Fsp3) is 0.286. The van der Waals surface area contributed by atoms with Crippen molar-refractivity contribution >= 4 is 23.5 Å². The number of benzene rings is 3. The summed E-state index contributed by atoms with van der Waals surface area (Å²) in [6.45, 7) is 6.02. The highest BCUT2D eigenvalue weighted by Gasteiger charge is 2.31. The molecule has 3 rings (SSSR count). The molecule has 1 amide bonds. The maximum atomic E-state index is 13.1. The van der Waals surface area contributed by atoms with Crippen molar-refractivity contribution in [2.75, 3.05) is 13.7 Å². The second-order valence-electron chi connectivity index (χ2n) is 8.70. The molecule has 1 N–H and O–H groups in total. The third kappa shape index (κ3) is 6.39. The third-order valence-corrected chi connectivity index (χ3v) is 6.16. The number of hydrogen-bond donors (Lipinski definition) is 1. The first-order valence-corrected chi connectivity index (χ1v) is 11.5. The number of carbonyl (C=O) groups is 2. The molecule has 0 aliphatic heterocycles. The van der Waals surface area contributed by atoms with Gasteiger partial charge < -0.3 is 14.8 Å². The summed E-state index contributed by atoms with van der Waals surface area (Å²) in [4.78, 5) is 24.9. The summed E-state index contributed by atoms with van der Waals surface area (Å²) < 4.78 is 10.7. The minimum atomic E-state index is -1.07. The number of carbonyl (C=O) groups excluding carboxylic acids is 2. The van der Waals surface area contributed by atoms with Gasteiger partial charge in [-0.05, 0) is 67.3 Å². The monoisotopic (exact) mass is 479 g/mol. The van der Waals surface area contributed by atoms with Crippen molar-refractivity contribution in [3.05, 3.63) is 101 Å². The molecular formula is C28H30ClNO4. The Labute approximate surface area is 206 Å². The fourth-order valence-corrected chi connectivity index (χ4v) is 3.94. The summed E-state index contributed by atoms with van der Waals surface area (Å²) in [6, 6.07) is 24.4. The first kappa shape index (κ1) is 25.3. The summed E-state index contributed by atoms with van der Waals surface area (Å²) in [6.07, 6.45) is 0. The number of methoxy groups -OCH3 is 1. The van der Waals surface area contributed by atoms with Crippen molar-refractivity contribution in [2.24, 2.45) is 0 Å². The number of rotatable bonds is 9. The van der Waals surface area contributed by atoms with E-state index in [0.29, 0.717) is 22.9 Å². The molecule has 0 bridgehead atoms. The van der Waals surface area contributed by atoms with E-state index in [0.717, 1.165) is 11.1 Å². The van der Waals surface area contributed by atoms with Crippen molar-refractivity contribution in [1.29, 1.82) is 0 Å². The number of ether oxygens (including phenoxy) is 2. The van der Waals surface area contributed by atoms with Gasteiger partial charge >= 0.3 is 5.97 Å². The van der Waals surface area contributed by atoms with Gasteiger partial charge in [0.1, 0.15) is 5.75 Å². The molecule has 0 fully saturated rings. The second kappa shape index (κ2) is 11.2. The molecular weight excluding hydrogens is 450 g/mol. The predicted molar refractivity (Wildman–Crippen MR) is 135 cm³/mol. The normalized spacial score (nSPS) is 13.0. The van der Waals surface area contributed by atoms with Gasteiger partial charge in [0.25, 0.3) is 5.91 Å². The van der Waals surface area contributed by atoms with Crippen molar-refractivity contribution in [3.8, 4) is 5.75 Å². The van der Waals surface area contributed by atoms with Gasteiger partial charge in [-0.2, -0.15) is 0 Å². The van der Waals surface area contributed by atoms with Gasteiger partial charge in [0.05, 0.1) is 12.7 Å². The molecule has 3 aromatic rings. The lowest BCUT2D eigenvalue weighted by molar-refractivity contribution is -0.134. The SMILES string of the molecule is COC(=O)c1ccc(C(C)C(CNC(=O)C(C)(C)Oc2ccc(Cl)cc2)c2ccccc2)cc1. The molecule has 2 unspecified atom stereocenters. The Bertz CT molecular complexity index is 1100. The van der Waals surface area contributed by atoms with Crippen LogP contribution in [0.15, 0.2) is 78.9 Å². The number of amides is 1. The number of nitrogens with one attached hydrogen (secondary N) is 1. The first-order valence-electron chi connectivity index (χ1n) is 11.2. The molecule has 0 saturated heterocycles. The topological polar surface area (TPSA) is 64.6 Å². The van der Waals surface area contributed by atoms with Gasteiger partial charge in [0, 0.05) is 17.5 Å². The van der Waals surface area contributed by atoms with E-state index in [1.807, 2.05) is 30.3 Å². The van der Waals surface area contributed by atoms with Gasteiger partial charge in [0.2, 0.25) is 0 Å². The predicted octanol–water partition coefficient (Wildman–Crippen LogP) is 5.99. The van der Waals surface area contributed by atoms with Crippen molar-refractivity contribution in [2.45, 2.75) is 38.2 Å². The van der Waals surface area contributed by atoms with E-state index in [9.17, 15) is 9.59 Å². The Balaban J connectivity index is 1.75. The Kier molecular flexibility index (Phi) is 8.35. The van der Waals surface area contributed by atoms with E-state index in [2.05, 4.69) is 24.4 Å². The van der Waals surface area contributed by atoms with Crippen LogP contribution < -0.4 is 10.1 Å². The lowest BCUT2D eigenvalue weighted by Gasteiger charge is -2.29. The molecule has 6 heteroatoms. The zero-order valence-corrected chi connectivity index (χ0v) is 20.6. The van der Waals surface area contributed by atoms with E-state index in [-0.39, 0.29) is 23.7 Å². The maximum absolute atomic E-state index is 13.1. The summed E-state index contributed by atoms with van der Waals surface area (Å²) in [7, 11) is 1.37. The van der Waals surface area contributed by atoms with Crippen LogP contribution in [0.3, 0.4) is 0 Å². The van der Waals surface area contributed by atoms with Crippen LogP contribution in [0.25, 0.3) is 0 Å². The molecule has 0 aromatic heterocycles. The zero-order chi connectivity index (χ0) is 24.7. The summed E-state index contributed by atoms with van der Waals surface area (Å²) in [5.74, 6) is 0.0870. The molecule has 5 nitrogen and oxygen atoms in total. The Morgan fingerprint density at radius 1 is 0.912 bits per heavy atom. The largest absolute Gasteiger partial charge is 0.478 e. The smallest absolute Gasteiger partial charge is 0.337 e. The van der Waals surface area contributed by atoms with Crippen molar-refractivity contribution < 1.29 is 19.1 Å². The van der Waals surface area contributed by atoms with Crippen molar-refractivity contribution in [1.82, 2.24) is 5.32 Å². The quantitative estimate of drug-likeness (QED) is 0.383. The van der Waals surface area contributed by atoms with Gasteiger partial charge in [-0.1, -0.05) is 61.0 Å². The number of halogens is 1. The fourth-order valence-electron chi connectivity index (χ4n) is 3.82. The zero-order valence-electron chi connectivity index (χ0n) is 19.9. The third-order valence-electron chi connectivity index (χ3n) is 5.90. The van der Waals surface area contributed by atoms with Crippen LogP contribution in [0, 0.1) is 0 Å². The first-order chi connectivity index (χ1) is 16.2. The lowest BCUT2D eigenvalue weighted by atomic mass is 9.82. The van der Waals surface area contributed by atoms with E-state index < -0.39 is 5.60 Å². The van der Waals surface area contributed by atoms with Crippen molar-refractivity contribution in [3.63, 3.8) is 0 Å². The highest BCUT2D eigenvalue weighted by atomic mass is 35.5. The van der Waals surface area contributed by atoms with E-state index in [4.69, 9.17) is 21.1 Å². The van der Waals surface area contributed by atoms with Crippen LogP contribution >= 0.6 is 11.6 Å². The van der Waals surface area contributed by atoms with Gasteiger partial charge in [-0.15, -0.1) is 0 Å². The molecule has 0 spiro atoms. The molecule has 0 aliphatic carbocycles. The summed E-state index contributed by atoms with van der Waals surface area (Å²) in [5.41, 5.74) is 1.61. The standard InChI is InChI=1S/C28H30ClNO4/c1-19(20-10-12-22(13-11-20)26(31)33-4)25(21-8-6-5-7-9-21)18-30-27(32)28(2,3)34-24-16-14-23(29)15-17-24/h5-17,19,25H,18H2,1-4H3,(H,30,32). The molecule has 0 aliphatic rings. The lowest BCUT2D eigenvalue weighted by Crippen LogP contribution is -2.47. The molecule has 0 saturated carbocycles. The minimum Gasteiger partial charge on any atom is -0.478 e. The van der Waals surface area contributed by atoms with Crippen LogP contribution in [0.5, 0.6) is 5.75 Å². The number of hydrogen-bond acceptors (Lipinski definition) is 4. The summed E-state index contributed by atoms with van der Waals surface area (Å²) >= 11 is 5.94. The Hall–Kier alpha value is -3.31.